The second-order valence-electron chi connectivity index (χ2n) is 10.8. The Balaban J connectivity index is 1.29. The molecule has 6 rings (SSSR count). The highest BCUT2D eigenvalue weighted by molar-refractivity contribution is 5.96. The van der Waals surface area contributed by atoms with Crippen molar-refractivity contribution in [3.8, 4) is 0 Å². The van der Waals surface area contributed by atoms with Gasteiger partial charge in [-0.25, -0.2) is 8.78 Å². The van der Waals surface area contributed by atoms with Gasteiger partial charge in [-0.2, -0.15) is 0 Å². The Morgan fingerprint density at radius 2 is 1.84 bits per heavy atom. The fraction of sp³-hybridized carbons (Fsp3) is 0.448. The maximum Gasteiger partial charge on any atom is 0.266 e. The lowest BCUT2D eigenvalue weighted by atomic mass is 9.95. The number of pyridine rings is 1. The molecule has 0 aliphatic carbocycles. The van der Waals surface area contributed by atoms with Crippen molar-refractivity contribution < 1.29 is 13.6 Å². The number of aryl methyl sites for hydroxylation is 1. The maximum atomic E-state index is 13.9. The van der Waals surface area contributed by atoms with E-state index in [-0.39, 0.29) is 24.9 Å². The Morgan fingerprint density at radius 1 is 1.03 bits per heavy atom. The molecule has 0 bridgehead atoms. The topological polar surface area (TPSA) is 65.7 Å². The van der Waals surface area contributed by atoms with Crippen LogP contribution in [0.4, 0.5) is 20.2 Å². The lowest BCUT2D eigenvalue weighted by Crippen LogP contribution is -2.43. The first kappa shape index (κ1) is 24.1. The Morgan fingerprint density at radius 3 is 2.59 bits per heavy atom. The number of benzene rings is 2. The highest BCUT2D eigenvalue weighted by atomic mass is 19.3. The highest BCUT2D eigenvalue weighted by Crippen LogP contribution is 2.37. The van der Waals surface area contributed by atoms with Crippen LogP contribution in [0.2, 0.25) is 0 Å². The predicted molar refractivity (Wildman–Crippen MR) is 143 cm³/mol. The molecule has 2 N–H and O–H groups in total. The first-order chi connectivity index (χ1) is 17.8. The molecular formula is C29H33F2N5O. The second-order valence-corrected chi connectivity index (χ2v) is 10.8. The van der Waals surface area contributed by atoms with Crippen LogP contribution in [0, 0.1) is 6.92 Å². The van der Waals surface area contributed by atoms with E-state index in [0.29, 0.717) is 26.2 Å². The predicted octanol–water partition coefficient (Wildman–Crippen LogP) is 4.51. The number of hydrogen-bond acceptors (Lipinski definition) is 5. The normalized spacial score (nSPS) is 19.9. The number of alkyl halides is 2. The summed E-state index contributed by atoms with van der Waals surface area (Å²) in [6, 6.07) is 12.3. The minimum absolute atomic E-state index is 0.0730. The van der Waals surface area contributed by atoms with Gasteiger partial charge >= 0.3 is 0 Å². The average molecular weight is 506 g/mol. The minimum atomic E-state index is -2.65. The summed E-state index contributed by atoms with van der Waals surface area (Å²) in [5, 5.41) is 0.980. The van der Waals surface area contributed by atoms with Gasteiger partial charge in [-0.3, -0.25) is 9.78 Å². The number of carbonyl (C=O) groups excluding carboxylic acids is 1. The van der Waals surface area contributed by atoms with Crippen LogP contribution in [0.5, 0.6) is 0 Å². The molecule has 2 aromatic carbocycles. The van der Waals surface area contributed by atoms with Crippen molar-refractivity contribution in [2.45, 2.75) is 51.1 Å². The van der Waals surface area contributed by atoms with Gasteiger partial charge in [0.15, 0.2) is 0 Å². The van der Waals surface area contributed by atoms with Crippen LogP contribution in [0.15, 0.2) is 42.6 Å². The van der Waals surface area contributed by atoms with Gasteiger partial charge in [0.25, 0.3) is 11.8 Å². The molecule has 1 aromatic heterocycles. The number of fused-ring (bicyclic) bond motifs is 2. The number of carbonyl (C=O) groups is 1. The lowest BCUT2D eigenvalue weighted by Gasteiger charge is -2.33. The first-order valence-electron chi connectivity index (χ1n) is 13.2. The summed E-state index contributed by atoms with van der Waals surface area (Å²) in [4.78, 5) is 23.8. The monoisotopic (exact) mass is 505 g/mol. The summed E-state index contributed by atoms with van der Waals surface area (Å²) in [7, 11) is 0. The zero-order valence-corrected chi connectivity index (χ0v) is 21.2. The van der Waals surface area contributed by atoms with Crippen molar-refractivity contribution in [3.63, 3.8) is 0 Å². The summed E-state index contributed by atoms with van der Waals surface area (Å²) < 4.78 is 27.9. The molecule has 0 saturated carbocycles. The molecule has 0 unspecified atom stereocenters. The molecule has 3 aliphatic heterocycles. The van der Waals surface area contributed by atoms with Gasteiger partial charge in [0.05, 0.1) is 12.1 Å². The standard InChI is InChI=1S/C29H33F2N5O/c1-19-14-24(36-13-8-29(30,31)18-36)16-25-26(4-9-33-27(19)25)35-10-5-20-2-3-21(15-22(20)17-35)28(37)34-11-6-23(32)7-12-34/h2-4,9,14-16,23H,5-8,10-13,17-18,32H2,1H3. The van der Waals surface area contributed by atoms with Gasteiger partial charge in [0.1, 0.15) is 0 Å². The van der Waals surface area contributed by atoms with Crippen LogP contribution in [-0.2, 0) is 13.0 Å². The lowest BCUT2D eigenvalue weighted by molar-refractivity contribution is 0.0257. The number of nitrogens with zero attached hydrogens (tertiary/aromatic N) is 4. The Kier molecular flexibility index (Phi) is 6.02. The zero-order chi connectivity index (χ0) is 25.7. The molecule has 1 amide bonds. The molecule has 3 aromatic rings. The molecule has 6 nitrogen and oxygen atoms in total. The third kappa shape index (κ3) is 4.63. The van der Waals surface area contributed by atoms with Crippen molar-refractivity contribution in [3.05, 3.63) is 64.8 Å². The molecule has 37 heavy (non-hydrogen) atoms. The number of aromatic nitrogens is 1. The third-order valence-corrected chi connectivity index (χ3v) is 8.17. The molecule has 0 atom stereocenters. The van der Waals surface area contributed by atoms with E-state index >= 15 is 0 Å². The van der Waals surface area contributed by atoms with Crippen molar-refractivity contribution >= 4 is 28.2 Å². The summed E-state index contributed by atoms with van der Waals surface area (Å²) in [6.07, 6.45) is 4.28. The molecule has 0 radical (unpaired) electrons. The fourth-order valence-electron chi connectivity index (χ4n) is 5.99. The molecule has 4 heterocycles. The number of likely N-dealkylation sites (tertiary alicyclic amines) is 1. The largest absolute Gasteiger partial charge is 0.366 e. The fourth-order valence-corrected chi connectivity index (χ4v) is 5.99. The molecule has 2 fully saturated rings. The van der Waals surface area contributed by atoms with Crippen LogP contribution < -0.4 is 15.5 Å². The van der Waals surface area contributed by atoms with Gasteiger partial charge in [0, 0.05) is 73.7 Å². The van der Waals surface area contributed by atoms with E-state index in [9.17, 15) is 13.6 Å². The molecule has 8 heteroatoms. The van der Waals surface area contributed by atoms with Gasteiger partial charge in [-0.1, -0.05) is 6.07 Å². The number of nitrogens with two attached hydrogens (primary N) is 1. The van der Waals surface area contributed by atoms with E-state index in [1.807, 2.05) is 48.4 Å². The van der Waals surface area contributed by atoms with Crippen LogP contribution in [0.3, 0.4) is 0 Å². The van der Waals surface area contributed by atoms with E-state index in [1.54, 1.807) is 4.90 Å². The van der Waals surface area contributed by atoms with Crippen LogP contribution in [-0.4, -0.2) is 60.5 Å². The van der Waals surface area contributed by atoms with Gasteiger partial charge in [-0.05, 0) is 73.2 Å². The van der Waals surface area contributed by atoms with E-state index in [2.05, 4.69) is 16.0 Å². The smallest absolute Gasteiger partial charge is 0.266 e. The van der Waals surface area contributed by atoms with Gasteiger partial charge in [-0.15, -0.1) is 0 Å². The number of rotatable bonds is 3. The van der Waals surface area contributed by atoms with E-state index < -0.39 is 5.92 Å². The highest BCUT2D eigenvalue weighted by Gasteiger charge is 2.38. The van der Waals surface area contributed by atoms with Gasteiger partial charge < -0.3 is 20.4 Å². The van der Waals surface area contributed by atoms with Crippen LogP contribution >= 0.6 is 0 Å². The number of piperidine rings is 1. The quantitative estimate of drug-likeness (QED) is 0.567. The molecular weight excluding hydrogens is 472 g/mol. The van der Waals surface area contributed by atoms with Crippen molar-refractivity contribution in [2.24, 2.45) is 5.73 Å². The number of amides is 1. The summed E-state index contributed by atoms with van der Waals surface area (Å²) in [6.45, 7) is 5.04. The number of hydrogen-bond donors (Lipinski definition) is 1. The van der Waals surface area contributed by atoms with E-state index in [0.717, 1.165) is 64.8 Å². The molecule has 2 saturated heterocycles. The van der Waals surface area contributed by atoms with E-state index in [1.165, 1.54) is 5.56 Å². The SMILES string of the molecule is Cc1cc(N2CCC(F)(F)C2)cc2c(N3CCc4ccc(C(=O)N5CCC(N)CC5)cc4C3)ccnc12. The van der Waals surface area contributed by atoms with Crippen LogP contribution in [0.25, 0.3) is 10.9 Å². The summed E-state index contributed by atoms with van der Waals surface area (Å²) >= 11 is 0. The van der Waals surface area contributed by atoms with Crippen molar-refractivity contribution in [2.75, 3.05) is 42.5 Å². The Bertz CT molecular complexity index is 1350. The molecule has 3 aliphatic rings. The molecule has 194 valence electrons. The molecule has 0 spiro atoms. The van der Waals surface area contributed by atoms with Crippen LogP contribution in [0.1, 0.15) is 46.3 Å². The number of anilines is 2. The van der Waals surface area contributed by atoms with Gasteiger partial charge in [0.2, 0.25) is 0 Å². The third-order valence-electron chi connectivity index (χ3n) is 8.17. The summed E-state index contributed by atoms with van der Waals surface area (Å²) in [5.41, 5.74) is 12.9. The Hall–Kier alpha value is -3.26. The number of halogens is 2. The van der Waals surface area contributed by atoms with Crippen molar-refractivity contribution in [1.82, 2.24) is 9.88 Å². The average Bonchev–Trinajstić information content (AvgIpc) is 3.27. The summed E-state index contributed by atoms with van der Waals surface area (Å²) in [5.74, 6) is -2.57. The zero-order valence-electron chi connectivity index (χ0n) is 21.2. The first-order valence-corrected chi connectivity index (χ1v) is 13.2. The second kappa shape index (κ2) is 9.24. The maximum absolute atomic E-state index is 13.9. The van der Waals surface area contributed by atoms with E-state index in [4.69, 9.17) is 5.73 Å². The Labute approximate surface area is 216 Å². The minimum Gasteiger partial charge on any atom is -0.366 e. The van der Waals surface area contributed by atoms with Crippen molar-refractivity contribution in [1.29, 1.82) is 0 Å².